The number of aromatic nitrogens is 4. The standard InChI is InChI=1S/C19H24N4O4/c1-3-26-17(25)8-13-12-5-7-16(18(12)13)27-11-4-6-14(20-9-11)19-15(10-24)23(2)22-21-19/h4,6,9,12-13,16,18,24H,3,5,7-8,10H2,1-2H3/t12-,13?,16+,18-/m0/s1. The Kier molecular flexibility index (Phi) is 4.82. The Balaban J connectivity index is 1.39. The molecule has 8 heteroatoms. The van der Waals surface area contributed by atoms with E-state index in [9.17, 15) is 9.90 Å². The number of fused-ring (bicyclic) bond motifs is 1. The van der Waals surface area contributed by atoms with Crippen LogP contribution in [-0.4, -0.2) is 43.8 Å². The molecule has 2 aromatic heterocycles. The van der Waals surface area contributed by atoms with Crippen LogP contribution in [0.4, 0.5) is 0 Å². The average molecular weight is 372 g/mol. The lowest BCUT2D eigenvalue weighted by Gasteiger charge is -2.17. The number of carbonyl (C=O) groups is 1. The van der Waals surface area contributed by atoms with Crippen molar-refractivity contribution in [1.29, 1.82) is 0 Å². The van der Waals surface area contributed by atoms with Gasteiger partial charge in [0.25, 0.3) is 0 Å². The van der Waals surface area contributed by atoms with E-state index in [1.807, 2.05) is 19.1 Å². The second-order valence-corrected chi connectivity index (χ2v) is 7.19. The number of rotatable bonds is 7. The number of aliphatic hydroxyl groups excluding tert-OH is 1. The second-order valence-electron chi connectivity index (χ2n) is 7.19. The van der Waals surface area contributed by atoms with Crippen LogP contribution in [0.25, 0.3) is 11.4 Å². The molecule has 4 atom stereocenters. The Labute approximate surface area is 157 Å². The van der Waals surface area contributed by atoms with E-state index in [0.29, 0.717) is 53.6 Å². The van der Waals surface area contributed by atoms with E-state index in [1.54, 1.807) is 13.2 Å². The molecule has 8 nitrogen and oxygen atoms in total. The van der Waals surface area contributed by atoms with Gasteiger partial charge in [0.1, 0.15) is 17.5 Å². The summed E-state index contributed by atoms with van der Waals surface area (Å²) >= 11 is 0. The molecule has 0 amide bonds. The molecule has 2 aliphatic carbocycles. The van der Waals surface area contributed by atoms with E-state index >= 15 is 0 Å². The first-order valence-electron chi connectivity index (χ1n) is 9.40. The van der Waals surface area contributed by atoms with E-state index < -0.39 is 0 Å². The summed E-state index contributed by atoms with van der Waals surface area (Å²) in [6, 6.07) is 3.70. The second kappa shape index (κ2) is 7.26. The molecule has 0 aromatic carbocycles. The normalized spacial score (nSPS) is 25.9. The molecule has 27 heavy (non-hydrogen) atoms. The zero-order valence-electron chi connectivity index (χ0n) is 15.5. The SMILES string of the molecule is CCOC(=O)CC1[C@H]2[C@H](Oc3ccc(-c4nnn(C)c4CO)nc3)CC[C@@H]12. The number of hydrogen-bond acceptors (Lipinski definition) is 7. The Morgan fingerprint density at radius 2 is 2.22 bits per heavy atom. The van der Waals surface area contributed by atoms with Crippen LogP contribution in [-0.2, 0) is 23.2 Å². The predicted molar refractivity (Wildman–Crippen MR) is 95.5 cm³/mol. The number of ether oxygens (including phenoxy) is 2. The number of aryl methyl sites for hydroxylation is 1. The first-order chi connectivity index (χ1) is 13.1. The Morgan fingerprint density at radius 3 is 2.93 bits per heavy atom. The van der Waals surface area contributed by atoms with Gasteiger partial charge in [-0.3, -0.25) is 9.78 Å². The van der Waals surface area contributed by atoms with E-state index in [2.05, 4.69) is 15.3 Å². The molecule has 1 unspecified atom stereocenters. The summed E-state index contributed by atoms with van der Waals surface area (Å²) in [5.74, 6) is 2.01. The number of carbonyl (C=O) groups excluding carboxylic acids is 1. The van der Waals surface area contributed by atoms with Gasteiger partial charge < -0.3 is 14.6 Å². The van der Waals surface area contributed by atoms with Crippen molar-refractivity contribution in [1.82, 2.24) is 20.0 Å². The summed E-state index contributed by atoms with van der Waals surface area (Å²) in [7, 11) is 1.73. The van der Waals surface area contributed by atoms with Crippen molar-refractivity contribution in [3.8, 4) is 17.1 Å². The van der Waals surface area contributed by atoms with Gasteiger partial charge in [-0.1, -0.05) is 5.21 Å². The average Bonchev–Trinajstić information content (AvgIpc) is 2.98. The Hall–Kier alpha value is -2.48. The minimum atomic E-state index is -0.147. The molecule has 1 N–H and O–H groups in total. The van der Waals surface area contributed by atoms with Gasteiger partial charge in [-0.15, -0.1) is 5.10 Å². The molecule has 2 fully saturated rings. The van der Waals surface area contributed by atoms with Crippen LogP contribution in [0.5, 0.6) is 5.75 Å². The summed E-state index contributed by atoms with van der Waals surface area (Å²) in [6.07, 6.45) is 4.42. The molecular weight excluding hydrogens is 348 g/mol. The van der Waals surface area contributed by atoms with Gasteiger partial charge in [-0.2, -0.15) is 0 Å². The highest BCUT2D eigenvalue weighted by molar-refractivity contribution is 5.70. The fourth-order valence-electron chi connectivity index (χ4n) is 4.34. The molecule has 144 valence electrons. The smallest absolute Gasteiger partial charge is 0.306 e. The molecule has 0 saturated heterocycles. The number of aliphatic hydroxyl groups is 1. The van der Waals surface area contributed by atoms with Crippen LogP contribution in [0.15, 0.2) is 18.3 Å². The van der Waals surface area contributed by atoms with Crippen molar-refractivity contribution < 1.29 is 19.4 Å². The number of nitrogens with zero attached hydrogens (tertiary/aromatic N) is 4. The van der Waals surface area contributed by atoms with E-state index in [0.717, 1.165) is 12.8 Å². The molecule has 4 rings (SSSR count). The number of esters is 1. The maximum absolute atomic E-state index is 11.7. The Morgan fingerprint density at radius 1 is 1.37 bits per heavy atom. The van der Waals surface area contributed by atoms with Gasteiger partial charge in [0.2, 0.25) is 0 Å². The highest BCUT2D eigenvalue weighted by Gasteiger charge is 2.59. The molecule has 0 bridgehead atoms. The van der Waals surface area contributed by atoms with Gasteiger partial charge in [-0.25, -0.2) is 4.68 Å². The third-order valence-corrected chi connectivity index (χ3v) is 5.68. The zero-order valence-corrected chi connectivity index (χ0v) is 15.5. The molecule has 0 spiro atoms. The highest BCUT2D eigenvalue weighted by atomic mass is 16.5. The van der Waals surface area contributed by atoms with Crippen molar-refractivity contribution in [3.63, 3.8) is 0 Å². The van der Waals surface area contributed by atoms with E-state index in [1.165, 1.54) is 4.68 Å². The lowest BCUT2D eigenvalue weighted by Crippen LogP contribution is -2.19. The number of hydrogen-bond donors (Lipinski definition) is 1. The molecule has 2 heterocycles. The quantitative estimate of drug-likeness (QED) is 0.739. The predicted octanol–water partition coefficient (Wildman–Crippen LogP) is 1.73. The molecule has 2 saturated carbocycles. The van der Waals surface area contributed by atoms with Crippen LogP contribution in [0.3, 0.4) is 0 Å². The third kappa shape index (κ3) is 3.41. The van der Waals surface area contributed by atoms with Crippen LogP contribution in [0.2, 0.25) is 0 Å². The minimum Gasteiger partial charge on any atom is -0.489 e. The van der Waals surface area contributed by atoms with Gasteiger partial charge >= 0.3 is 5.97 Å². The lowest BCUT2D eigenvalue weighted by molar-refractivity contribution is -0.143. The van der Waals surface area contributed by atoms with Gasteiger partial charge in [0.15, 0.2) is 0 Å². The minimum absolute atomic E-state index is 0.106. The van der Waals surface area contributed by atoms with Crippen molar-refractivity contribution in [2.45, 2.75) is 38.9 Å². The molecule has 2 aliphatic rings. The summed E-state index contributed by atoms with van der Waals surface area (Å²) in [5, 5.41) is 17.5. The van der Waals surface area contributed by atoms with Crippen LogP contribution < -0.4 is 4.74 Å². The topological polar surface area (TPSA) is 99.4 Å². The van der Waals surface area contributed by atoms with Gasteiger partial charge in [-0.05, 0) is 43.7 Å². The van der Waals surface area contributed by atoms with Crippen LogP contribution in [0.1, 0.15) is 31.9 Å². The summed E-state index contributed by atoms with van der Waals surface area (Å²) in [4.78, 5) is 16.1. The van der Waals surface area contributed by atoms with Gasteiger partial charge in [0.05, 0.1) is 30.8 Å². The molecule has 0 radical (unpaired) electrons. The fourth-order valence-corrected chi connectivity index (χ4v) is 4.34. The largest absolute Gasteiger partial charge is 0.489 e. The van der Waals surface area contributed by atoms with Gasteiger partial charge in [0, 0.05) is 19.4 Å². The van der Waals surface area contributed by atoms with Crippen LogP contribution in [0, 0.1) is 17.8 Å². The molecule has 0 aliphatic heterocycles. The third-order valence-electron chi connectivity index (χ3n) is 5.68. The highest BCUT2D eigenvalue weighted by Crippen LogP contribution is 2.60. The van der Waals surface area contributed by atoms with Crippen LogP contribution >= 0.6 is 0 Å². The molecular formula is C19H24N4O4. The monoisotopic (exact) mass is 372 g/mol. The molecule has 2 aromatic rings. The summed E-state index contributed by atoms with van der Waals surface area (Å²) in [5.41, 5.74) is 1.84. The van der Waals surface area contributed by atoms with Crippen molar-refractivity contribution >= 4 is 5.97 Å². The number of pyridine rings is 1. The maximum atomic E-state index is 11.7. The summed E-state index contributed by atoms with van der Waals surface area (Å²) < 4.78 is 12.8. The van der Waals surface area contributed by atoms with Crippen molar-refractivity contribution in [2.75, 3.05) is 6.61 Å². The van der Waals surface area contributed by atoms with Crippen molar-refractivity contribution in [3.05, 3.63) is 24.0 Å². The zero-order chi connectivity index (χ0) is 19.0. The fraction of sp³-hybridized carbons (Fsp3) is 0.579. The Bertz CT molecular complexity index is 820. The first kappa shape index (κ1) is 17.9. The first-order valence-corrected chi connectivity index (χ1v) is 9.40. The van der Waals surface area contributed by atoms with E-state index in [-0.39, 0.29) is 18.7 Å². The summed E-state index contributed by atoms with van der Waals surface area (Å²) in [6.45, 7) is 2.12. The van der Waals surface area contributed by atoms with E-state index in [4.69, 9.17) is 9.47 Å². The maximum Gasteiger partial charge on any atom is 0.306 e. The lowest BCUT2D eigenvalue weighted by atomic mass is 10.1. The van der Waals surface area contributed by atoms with Crippen molar-refractivity contribution in [2.24, 2.45) is 24.8 Å².